The maximum absolute atomic E-state index is 14.6. The molecule has 43 heavy (non-hydrogen) atoms. The molecule has 1 fully saturated rings. The third-order valence-electron chi connectivity index (χ3n) is 7.96. The zero-order chi connectivity index (χ0) is 29.6. The average molecular weight is 582 g/mol. The number of aliphatic hydroxyl groups excluding tert-OH is 1. The van der Waals surface area contributed by atoms with Crippen LogP contribution in [0.3, 0.4) is 0 Å². The topological polar surface area (TPSA) is 101 Å². The standard InChI is InChI=1S/C34H35N3O6/c38-20-7-21-42-27-15-13-26(14-16-27)32-35-34(17-6-10-25-8-2-1-3-9-25)31(43-32)28-11-4-5-12-29(28)37(33(34)40)24-30(39)36-18-22-41-23-19-36/h1-6,8-16,31,38H,7,17-24H2/b10-6+/t31-,34-/m1/s1. The Bertz CT molecular complexity index is 1500. The second kappa shape index (κ2) is 12.8. The van der Waals surface area contributed by atoms with Gasteiger partial charge in [0.1, 0.15) is 12.3 Å². The number of anilines is 1. The van der Waals surface area contributed by atoms with Crippen molar-refractivity contribution in [1.82, 2.24) is 4.90 Å². The summed E-state index contributed by atoms with van der Waals surface area (Å²) in [5.41, 5.74) is 1.91. The Morgan fingerprint density at radius 2 is 1.77 bits per heavy atom. The Labute approximate surface area is 251 Å². The van der Waals surface area contributed by atoms with Crippen LogP contribution in [0.4, 0.5) is 5.69 Å². The third-order valence-corrected chi connectivity index (χ3v) is 7.96. The molecule has 6 rings (SSSR count). The number of carbonyl (C=O) groups is 2. The van der Waals surface area contributed by atoms with Crippen molar-refractivity contribution in [1.29, 1.82) is 0 Å². The minimum absolute atomic E-state index is 0.0650. The van der Waals surface area contributed by atoms with Gasteiger partial charge in [-0.3, -0.25) is 9.59 Å². The Morgan fingerprint density at radius 1 is 1.02 bits per heavy atom. The molecule has 3 aromatic rings. The summed E-state index contributed by atoms with van der Waals surface area (Å²) in [6.07, 6.45) is 4.11. The number of benzene rings is 3. The highest BCUT2D eigenvalue weighted by atomic mass is 16.5. The minimum atomic E-state index is -1.30. The molecule has 3 aliphatic rings. The van der Waals surface area contributed by atoms with Gasteiger partial charge in [-0.25, -0.2) is 4.99 Å². The minimum Gasteiger partial charge on any atom is -0.494 e. The highest BCUT2D eigenvalue weighted by molar-refractivity contribution is 6.11. The van der Waals surface area contributed by atoms with Gasteiger partial charge in [0, 0.05) is 43.7 Å². The van der Waals surface area contributed by atoms with E-state index in [1.54, 1.807) is 9.80 Å². The van der Waals surface area contributed by atoms with Gasteiger partial charge < -0.3 is 29.1 Å². The van der Waals surface area contributed by atoms with Gasteiger partial charge in [-0.1, -0.05) is 60.7 Å². The largest absolute Gasteiger partial charge is 0.494 e. The summed E-state index contributed by atoms with van der Waals surface area (Å²) < 4.78 is 17.7. The molecule has 3 heterocycles. The lowest BCUT2D eigenvalue weighted by molar-refractivity contribution is -0.136. The number of carbonyl (C=O) groups excluding carboxylic acids is 2. The summed E-state index contributed by atoms with van der Waals surface area (Å²) in [4.78, 5) is 36.4. The second-order valence-electron chi connectivity index (χ2n) is 10.7. The molecule has 3 aliphatic heterocycles. The molecular formula is C34H35N3O6. The van der Waals surface area contributed by atoms with Crippen LogP contribution in [0.5, 0.6) is 5.75 Å². The van der Waals surface area contributed by atoms with E-state index in [0.717, 1.165) is 16.7 Å². The van der Waals surface area contributed by atoms with E-state index >= 15 is 0 Å². The summed E-state index contributed by atoms with van der Waals surface area (Å²) in [6.45, 7) is 2.37. The van der Waals surface area contributed by atoms with Crippen LogP contribution in [0.2, 0.25) is 0 Å². The fraction of sp³-hybridized carbons (Fsp3) is 0.324. The number of nitrogens with zero attached hydrogens (tertiary/aromatic N) is 3. The van der Waals surface area contributed by atoms with Crippen molar-refractivity contribution in [2.24, 2.45) is 4.99 Å². The zero-order valence-corrected chi connectivity index (χ0v) is 23.9. The monoisotopic (exact) mass is 581 g/mol. The molecule has 0 saturated carbocycles. The maximum atomic E-state index is 14.6. The first-order valence-corrected chi connectivity index (χ1v) is 14.7. The van der Waals surface area contributed by atoms with Gasteiger partial charge in [-0.05, 0) is 35.9 Å². The molecule has 0 bridgehead atoms. The Kier molecular flexibility index (Phi) is 8.53. The molecule has 9 heteroatoms. The first-order valence-electron chi connectivity index (χ1n) is 14.7. The van der Waals surface area contributed by atoms with Crippen molar-refractivity contribution in [3.8, 4) is 5.75 Å². The van der Waals surface area contributed by atoms with Crippen molar-refractivity contribution in [2.45, 2.75) is 24.5 Å². The first kappa shape index (κ1) is 28.6. The number of rotatable bonds is 10. The van der Waals surface area contributed by atoms with Gasteiger partial charge in [0.2, 0.25) is 11.8 Å². The number of amides is 2. The molecule has 222 valence electrons. The van der Waals surface area contributed by atoms with Crippen molar-refractivity contribution in [2.75, 3.05) is 51.0 Å². The highest BCUT2D eigenvalue weighted by Gasteiger charge is 2.58. The quantitative estimate of drug-likeness (QED) is 0.363. The van der Waals surface area contributed by atoms with E-state index in [2.05, 4.69) is 0 Å². The van der Waals surface area contributed by atoms with Crippen molar-refractivity contribution in [3.05, 3.63) is 102 Å². The zero-order valence-electron chi connectivity index (χ0n) is 23.9. The Hall–Kier alpha value is -4.47. The molecule has 0 radical (unpaired) electrons. The summed E-state index contributed by atoms with van der Waals surface area (Å²) >= 11 is 0. The maximum Gasteiger partial charge on any atom is 0.260 e. The fourth-order valence-corrected chi connectivity index (χ4v) is 5.72. The smallest absolute Gasteiger partial charge is 0.260 e. The molecular weight excluding hydrogens is 546 g/mol. The number of para-hydroxylation sites is 1. The molecule has 9 nitrogen and oxygen atoms in total. The normalized spacial score (nSPS) is 21.3. The molecule has 3 aromatic carbocycles. The van der Waals surface area contributed by atoms with Gasteiger partial charge >= 0.3 is 0 Å². The van der Waals surface area contributed by atoms with Crippen LogP contribution in [0.1, 0.15) is 35.6 Å². The number of aliphatic imine (C=N–C) groups is 1. The van der Waals surface area contributed by atoms with Crippen molar-refractivity contribution >= 4 is 29.5 Å². The van der Waals surface area contributed by atoms with Crippen molar-refractivity contribution in [3.63, 3.8) is 0 Å². The first-order chi connectivity index (χ1) is 21.1. The summed E-state index contributed by atoms with van der Waals surface area (Å²) in [6, 6.07) is 24.9. The van der Waals surface area contributed by atoms with Crippen molar-refractivity contribution < 1.29 is 28.9 Å². The van der Waals surface area contributed by atoms with Gasteiger partial charge in [-0.15, -0.1) is 0 Å². The van der Waals surface area contributed by atoms with Crippen LogP contribution in [-0.4, -0.2) is 79.3 Å². The molecule has 0 aromatic heterocycles. The lowest BCUT2D eigenvalue weighted by Crippen LogP contribution is -2.57. The molecule has 0 spiro atoms. The van der Waals surface area contributed by atoms with Crippen LogP contribution in [0, 0.1) is 0 Å². The molecule has 1 N–H and O–H groups in total. The number of hydrogen-bond donors (Lipinski definition) is 1. The van der Waals surface area contributed by atoms with Gasteiger partial charge in [-0.2, -0.15) is 0 Å². The molecule has 2 amide bonds. The Morgan fingerprint density at radius 3 is 2.53 bits per heavy atom. The van der Waals surface area contributed by atoms with E-state index in [1.165, 1.54) is 0 Å². The fourth-order valence-electron chi connectivity index (χ4n) is 5.72. The molecule has 2 atom stereocenters. The SMILES string of the molecule is O=C(CN1C(=O)[C@]2(C/C=C/c3ccccc3)N=C(c3ccc(OCCCO)cc3)O[C@@H]2c2ccccc21)N1CCOCC1. The number of fused-ring (bicyclic) bond motifs is 3. The van der Waals surface area contributed by atoms with Crippen LogP contribution in [-0.2, 0) is 19.1 Å². The van der Waals surface area contributed by atoms with E-state index in [4.69, 9.17) is 24.3 Å². The van der Waals surface area contributed by atoms with E-state index in [9.17, 15) is 9.59 Å². The summed E-state index contributed by atoms with van der Waals surface area (Å²) in [5, 5.41) is 9.03. The highest BCUT2D eigenvalue weighted by Crippen LogP contribution is 2.50. The summed E-state index contributed by atoms with van der Waals surface area (Å²) in [7, 11) is 0. The molecule has 1 saturated heterocycles. The van der Waals surface area contributed by atoms with E-state index < -0.39 is 11.6 Å². The summed E-state index contributed by atoms with van der Waals surface area (Å²) in [5.74, 6) is 0.640. The third kappa shape index (κ3) is 5.91. The van der Waals surface area contributed by atoms with Gasteiger partial charge in [0.15, 0.2) is 11.6 Å². The average Bonchev–Trinajstić information content (AvgIpc) is 3.45. The van der Waals surface area contributed by atoms with E-state index in [1.807, 2.05) is 91.0 Å². The predicted octanol–water partition coefficient (Wildman–Crippen LogP) is 4.01. The van der Waals surface area contributed by atoms with E-state index in [-0.39, 0.29) is 31.4 Å². The van der Waals surface area contributed by atoms with Crippen LogP contribution >= 0.6 is 0 Å². The number of hydrogen-bond acceptors (Lipinski definition) is 7. The van der Waals surface area contributed by atoms with Crippen LogP contribution in [0.25, 0.3) is 6.08 Å². The van der Waals surface area contributed by atoms with Gasteiger partial charge in [0.05, 0.1) is 25.5 Å². The van der Waals surface area contributed by atoms with E-state index in [0.29, 0.717) is 56.7 Å². The second-order valence-corrected chi connectivity index (χ2v) is 10.7. The lowest BCUT2D eigenvalue weighted by Gasteiger charge is -2.41. The number of morpholine rings is 1. The van der Waals surface area contributed by atoms with Gasteiger partial charge in [0.25, 0.3) is 5.91 Å². The lowest BCUT2D eigenvalue weighted by atomic mass is 9.79. The number of aliphatic hydroxyl groups is 1. The molecule has 0 unspecified atom stereocenters. The van der Waals surface area contributed by atoms with Crippen LogP contribution in [0.15, 0.2) is 89.9 Å². The van der Waals surface area contributed by atoms with Crippen LogP contribution < -0.4 is 9.64 Å². The molecule has 0 aliphatic carbocycles. The Balaban J connectivity index is 1.36. The number of ether oxygens (including phenoxy) is 3. The predicted molar refractivity (Wildman–Crippen MR) is 163 cm³/mol.